The Bertz CT molecular complexity index is 1620. The van der Waals surface area contributed by atoms with Gasteiger partial charge in [-0.15, -0.1) is 0 Å². The molecule has 47 heavy (non-hydrogen) atoms. The van der Waals surface area contributed by atoms with Crippen molar-refractivity contribution in [2.45, 2.75) is 44.9 Å². The number of benzene rings is 4. The summed E-state index contributed by atoms with van der Waals surface area (Å²) in [5.74, 6) is -0.196. The number of carbonyl (C=O) groups excluding carboxylic acids is 2. The summed E-state index contributed by atoms with van der Waals surface area (Å²) >= 11 is 0. The molecule has 1 aliphatic heterocycles. The van der Waals surface area contributed by atoms with Crippen LogP contribution in [-0.2, 0) is 29.0 Å². The SMILES string of the molecule is CN(CCc1ccc(O)c(O)c1)Cc1cccc(CNC(=O)CCN2CCC(OC(=O)Nc3ccccc3-c3ccccc3)CC2)c1. The van der Waals surface area contributed by atoms with Crippen molar-refractivity contribution >= 4 is 17.7 Å². The molecule has 5 rings (SSSR count). The molecule has 0 aliphatic carbocycles. The van der Waals surface area contributed by atoms with E-state index < -0.39 is 6.09 Å². The van der Waals surface area contributed by atoms with E-state index >= 15 is 0 Å². The van der Waals surface area contributed by atoms with Crippen LogP contribution in [0.5, 0.6) is 11.5 Å². The molecule has 1 aliphatic rings. The highest BCUT2D eigenvalue weighted by molar-refractivity contribution is 5.91. The minimum absolute atomic E-state index is 0.0134. The number of nitrogens with zero attached hydrogens (tertiary/aromatic N) is 2. The van der Waals surface area contributed by atoms with E-state index in [0.717, 1.165) is 78.9 Å². The normalized spacial score (nSPS) is 13.7. The van der Waals surface area contributed by atoms with Crippen LogP contribution in [0, 0.1) is 0 Å². The highest BCUT2D eigenvalue weighted by Crippen LogP contribution is 2.28. The molecule has 0 aromatic heterocycles. The fraction of sp³-hybridized carbons (Fsp3) is 0.316. The smallest absolute Gasteiger partial charge is 0.411 e. The first-order chi connectivity index (χ1) is 22.8. The van der Waals surface area contributed by atoms with Gasteiger partial charge in [-0.3, -0.25) is 10.1 Å². The van der Waals surface area contributed by atoms with E-state index in [2.05, 4.69) is 32.6 Å². The van der Waals surface area contributed by atoms with E-state index in [-0.39, 0.29) is 23.5 Å². The van der Waals surface area contributed by atoms with E-state index in [4.69, 9.17) is 4.74 Å². The molecule has 0 saturated carbocycles. The van der Waals surface area contributed by atoms with Crippen molar-refractivity contribution in [3.63, 3.8) is 0 Å². The summed E-state index contributed by atoms with van der Waals surface area (Å²) in [7, 11) is 2.05. The summed E-state index contributed by atoms with van der Waals surface area (Å²) in [6.07, 6.45) is 2.03. The maximum Gasteiger partial charge on any atom is 0.411 e. The zero-order chi connectivity index (χ0) is 33.0. The highest BCUT2D eigenvalue weighted by atomic mass is 16.6. The monoisotopic (exact) mass is 636 g/mol. The first kappa shape index (κ1) is 33.5. The first-order valence-corrected chi connectivity index (χ1v) is 16.2. The molecule has 0 unspecified atom stereocenters. The molecule has 4 aromatic carbocycles. The van der Waals surface area contributed by atoms with Gasteiger partial charge >= 0.3 is 6.09 Å². The maximum atomic E-state index is 12.7. The van der Waals surface area contributed by atoms with Crippen LogP contribution >= 0.6 is 0 Å². The lowest BCUT2D eigenvalue weighted by molar-refractivity contribution is -0.121. The summed E-state index contributed by atoms with van der Waals surface area (Å²) in [6, 6.07) is 30.8. The molecule has 1 fully saturated rings. The minimum atomic E-state index is -0.447. The second-order valence-corrected chi connectivity index (χ2v) is 12.1. The van der Waals surface area contributed by atoms with Gasteiger partial charge in [0, 0.05) is 51.3 Å². The van der Waals surface area contributed by atoms with E-state index in [1.165, 1.54) is 6.07 Å². The Morgan fingerprint density at radius 2 is 1.60 bits per heavy atom. The Hall–Kier alpha value is -4.86. The summed E-state index contributed by atoms with van der Waals surface area (Å²) in [5, 5.41) is 25.2. The summed E-state index contributed by atoms with van der Waals surface area (Å²) < 4.78 is 5.75. The topological polar surface area (TPSA) is 114 Å². The van der Waals surface area contributed by atoms with Gasteiger partial charge in [-0.1, -0.05) is 78.9 Å². The predicted octanol–water partition coefficient (Wildman–Crippen LogP) is 6.16. The van der Waals surface area contributed by atoms with Crippen LogP contribution in [0.15, 0.2) is 97.1 Å². The maximum absolute atomic E-state index is 12.7. The first-order valence-electron chi connectivity index (χ1n) is 16.2. The van der Waals surface area contributed by atoms with E-state index in [9.17, 15) is 19.8 Å². The molecule has 1 heterocycles. The van der Waals surface area contributed by atoms with Gasteiger partial charge in [0.25, 0.3) is 0 Å². The van der Waals surface area contributed by atoms with Crippen LogP contribution in [-0.4, -0.2) is 71.3 Å². The number of phenolic OH excluding ortho intramolecular Hbond substituents is 2. The summed E-state index contributed by atoms with van der Waals surface area (Å²) in [5.41, 5.74) is 5.86. The summed E-state index contributed by atoms with van der Waals surface area (Å²) in [4.78, 5) is 29.8. The number of aromatic hydroxyl groups is 2. The third-order valence-corrected chi connectivity index (χ3v) is 8.47. The zero-order valence-electron chi connectivity index (χ0n) is 26.9. The molecular formula is C38H44N4O5. The Morgan fingerprint density at radius 1 is 0.851 bits per heavy atom. The van der Waals surface area contributed by atoms with Crippen molar-refractivity contribution < 1.29 is 24.5 Å². The third-order valence-electron chi connectivity index (χ3n) is 8.47. The second kappa shape index (κ2) is 16.6. The summed E-state index contributed by atoms with van der Waals surface area (Å²) in [6.45, 7) is 4.24. The van der Waals surface area contributed by atoms with Gasteiger partial charge in [-0.2, -0.15) is 0 Å². The van der Waals surface area contributed by atoms with Gasteiger partial charge in [0.1, 0.15) is 6.10 Å². The quantitative estimate of drug-likeness (QED) is 0.130. The van der Waals surface area contributed by atoms with Crippen molar-refractivity contribution in [3.8, 4) is 22.6 Å². The molecule has 4 aromatic rings. The lowest BCUT2D eigenvalue weighted by atomic mass is 10.0. The van der Waals surface area contributed by atoms with Crippen molar-refractivity contribution in [1.82, 2.24) is 15.1 Å². The molecule has 1 saturated heterocycles. The molecule has 0 radical (unpaired) electrons. The van der Waals surface area contributed by atoms with Crippen molar-refractivity contribution in [3.05, 3.63) is 114 Å². The van der Waals surface area contributed by atoms with Crippen LogP contribution in [0.4, 0.5) is 10.5 Å². The average Bonchev–Trinajstić information content (AvgIpc) is 3.08. The Labute approximate surface area is 276 Å². The van der Waals surface area contributed by atoms with Crippen molar-refractivity contribution in [2.24, 2.45) is 0 Å². The van der Waals surface area contributed by atoms with Crippen molar-refractivity contribution in [2.75, 3.05) is 38.5 Å². The number of phenols is 2. The number of nitrogens with one attached hydrogen (secondary N) is 2. The lowest BCUT2D eigenvalue weighted by Crippen LogP contribution is -2.40. The molecule has 0 bridgehead atoms. The van der Waals surface area contributed by atoms with Gasteiger partial charge < -0.3 is 30.1 Å². The molecular weight excluding hydrogens is 592 g/mol. The van der Waals surface area contributed by atoms with E-state index in [0.29, 0.717) is 19.5 Å². The molecule has 0 spiro atoms. The van der Waals surface area contributed by atoms with Gasteiger partial charge in [0.2, 0.25) is 5.91 Å². The second-order valence-electron chi connectivity index (χ2n) is 12.1. The van der Waals surface area contributed by atoms with Crippen molar-refractivity contribution in [1.29, 1.82) is 0 Å². The molecule has 4 N–H and O–H groups in total. The number of hydrogen-bond acceptors (Lipinski definition) is 7. The number of likely N-dealkylation sites (tertiary alicyclic amines) is 1. The van der Waals surface area contributed by atoms with Crippen LogP contribution in [0.1, 0.15) is 36.0 Å². The van der Waals surface area contributed by atoms with E-state index in [1.807, 2.05) is 79.8 Å². The predicted molar refractivity (Wildman–Crippen MR) is 184 cm³/mol. The molecule has 0 atom stereocenters. The fourth-order valence-electron chi connectivity index (χ4n) is 5.82. The largest absolute Gasteiger partial charge is 0.504 e. The number of rotatable bonds is 13. The lowest BCUT2D eigenvalue weighted by Gasteiger charge is -2.31. The number of anilines is 1. The Morgan fingerprint density at radius 3 is 2.38 bits per heavy atom. The number of ether oxygens (including phenoxy) is 1. The Kier molecular flexibility index (Phi) is 11.9. The third kappa shape index (κ3) is 10.3. The Balaban J connectivity index is 0.979. The number of para-hydroxylation sites is 1. The molecule has 9 nitrogen and oxygen atoms in total. The highest BCUT2D eigenvalue weighted by Gasteiger charge is 2.23. The number of amides is 2. The number of likely N-dealkylation sites (N-methyl/N-ethyl adjacent to an activating group) is 1. The number of hydrogen-bond donors (Lipinski definition) is 4. The fourth-order valence-corrected chi connectivity index (χ4v) is 5.82. The zero-order valence-corrected chi connectivity index (χ0v) is 26.9. The van der Waals surface area contributed by atoms with E-state index in [1.54, 1.807) is 6.07 Å². The van der Waals surface area contributed by atoms with Crippen LogP contribution in [0.2, 0.25) is 0 Å². The minimum Gasteiger partial charge on any atom is -0.504 e. The molecule has 9 heteroatoms. The average molecular weight is 637 g/mol. The van der Waals surface area contributed by atoms with Gasteiger partial charge in [0.05, 0.1) is 5.69 Å². The van der Waals surface area contributed by atoms with Crippen LogP contribution in [0.25, 0.3) is 11.1 Å². The molecule has 246 valence electrons. The number of piperidine rings is 1. The molecule has 2 amide bonds. The van der Waals surface area contributed by atoms with Gasteiger partial charge in [-0.05, 0) is 66.8 Å². The van der Waals surface area contributed by atoms with Gasteiger partial charge in [0.15, 0.2) is 11.5 Å². The standard InChI is InChI=1S/C38H44N4O5/c1-41(20-16-28-14-15-35(43)36(44)25-28)27-30-9-7-8-29(24-30)26-39-37(45)19-23-42-21-17-32(18-22-42)47-38(46)40-34-13-6-5-12-33(34)31-10-3-2-4-11-31/h2-15,24-25,32,43-44H,16-23,26-27H2,1H3,(H,39,45)(H,40,46). The van der Waals surface area contributed by atoms with Gasteiger partial charge in [-0.25, -0.2) is 4.79 Å². The van der Waals surface area contributed by atoms with Crippen LogP contribution < -0.4 is 10.6 Å². The van der Waals surface area contributed by atoms with Crippen LogP contribution in [0.3, 0.4) is 0 Å². The number of carbonyl (C=O) groups is 2.